The van der Waals surface area contributed by atoms with Crippen LogP contribution in [0.25, 0.3) is 4.85 Å². The molecule has 0 N–H and O–H groups in total. The molecule has 2 rings (SSSR count). The normalized spacial score (nSPS) is 22.3. The quantitative estimate of drug-likeness (QED) is 0.552. The van der Waals surface area contributed by atoms with Crippen molar-refractivity contribution in [1.29, 1.82) is 0 Å². The summed E-state index contributed by atoms with van der Waals surface area (Å²) in [6.45, 7) is 7.21. The lowest BCUT2D eigenvalue weighted by Gasteiger charge is -2.11. The van der Waals surface area contributed by atoms with Gasteiger partial charge in [0.05, 0.1) is 20.0 Å². The van der Waals surface area contributed by atoms with Crippen molar-refractivity contribution in [3.8, 4) is 0 Å². The highest BCUT2D eigenvalue weighted by molar-refractivity contribution is 6.31. The molecule has 4 heteroatoms. The van der Waals surface area contributed by atoms with E-state index in [9.17, 15) is 4.79 Å². The molecule has 0 fully saturated rings. The van der Waals surface area contributed by atoms with E-state index in [0.29, 0.717) is 17.9 Å². The Labute approximate surface area is 98.8 Å². The fourth-order valence-electron chi connectivity index (χ4n) is 2.10. The molecule has 0 aromatic heterocycles. The first-order valence-corrected chi connectivity index (χ1v) is 5.24. The Kier molecular flexibility index (Phi) is 2.61. The number of nitrogens with zero attached hydrogens (tertiary/aromatic N) is 1. The highest BCUT2D eigenvalue weighted by atomic mass is 35.5. The van der Waals surface area contributed by atoms with Gasteiger partial charge in [0.2, 0.25) is 0 Å². The van der Waals surface area contributed by atoms with Crippen molar-refractivity contribution in [2.45, 2.75) is 18.4 Å². The van der Waals surface area contributed by atoms with Crippen LogP contribution in [0.2, 0.25) is 5.02 Å². The summed E-state index contributed by atoms with van der Waals surface area (Å²) < 4.78 is 4.70. The first kappa shape index (κ1) is 11.0. The van der Waals surface area contributed by atoms with Crippen LogP contribution >= 0.6 is 11.6 Å². The zero-order valence-electron chi connectivity index (χ0n) is 8.79. The maximum absolute atomic E-state index is 11.7. The van der Waals surface area contributed by atoms with Crippen LogP contribution in [0.1, 0.15) is 11.1 Å². The minimum Gasteiger partial charge on any atom is -0.463 e. The second-order valence-electron chi connectivity index (χ2n) is 3.87. The summed E-state index contributed by atoms with van der Waals surface area (Å²) in [6.07, 6.45) is 0.733. The van der Waals surface area contributed by atoms with E-state index in [1.807, 2.05) is 12.1 Å². The Morgan fingerprint density at radius 3 is 2.88 bits per heavy atom. The van der Waals surface area contributed by atoms with Gasteiger partial charge in [-0.05, 0) is 17.2 Å². The fourth-order valence-corrected chi connectivity index (χ4v) is 2.36. The van der Waals surface area contributed by atoms with Crippen LogP contribution < -0.4 is 0 Å². The number of hydrogen-bond acceptors (Lipinski definition) is 2. The number of benzene rings is 1. The summed E-state index contributed by atoms with van der Waals surface area (Å²) in [5.74, 6) is -0.477. The van der Waals surface area contributed by atoms with Gasteiger partial charge in [0.15, 0.2) is 0 Å². The summed E-state index contributed by atoms with van der Waals surface area (Å²) in [5, 5.41) is 0.618. The summed E-state index contributed by atoms with van der Waals surface area (Å²) in [7, 11) is 1.31. The summed E-state index contributed by atoms with van der Waals surface area (Å²) in [6, 6.07) is 5.51. The highest BCUT2D eigenvalue weighted by Crippen LogP contribution is 2.37. The number of esters is 1. The largest absolute Gasteiger partial charge is 0.463 e. The Balaban J connectivity index is 2.45. The van der Waals surface area contributed by atoms with Gasteiger partial charge in [-0.1, -0.05) is 23.7 Å². The van der Waals surface area contributed by atoms with Gasteiger partial charge in [-0.15, -0.1) is 0 Å². The standard InChI is InChI=1S/C12H10ClNO2/c1-14-12(11(15)16-2)6-8-4-3-5-10(13)9(8)7-12/h3-5H,6-7H2,2H3. The van der Waals surface area contributed by atoms with E-state index in [0.717, 1.165) is 11.1 Å². The van der Waals surface area contributed by atoms with E-state index < -0.39 is 11.5 Å². The number of ether oxygens (including phenoxy) is 1. The molecule has 1 aliphatic carbocycles. The number of carbonyl (C=O) groups is 1. The first-order valence-electron chi connectivity index (χ1n) is 4.86. The lowest BCUT2D eigenvalue weighted by atomic mass is 9.97. The molecule has 0 saturated heterocycles. The molecular formula is C12H10ClNO2. The molecule has 16 heavy (non-hydrogen) atoms. The highest BCUT2D eigenvalue weighted by Gasteiger charge is 2.52. The molecule has 82 valence electrons. The van der Waals surface area contributed by atoms with Gasteiger partial charge in [0.1, 0.15) is 0 Å². The summed E-state index contributed by atoms with van der Waals surface area (Å²) in [5.41, 5.74) is 0.752. The van der Waals surface area contributed by atoms with E-state index in [1.165, 1.54) is 7.11 Å². The molecule has 1 aliphatic rings. The van der Waals surface area contributed by atoms with Gasteiger partial charge in [0.25, 0.3) is 0 Å². The minimum atomic E-state index is -1.11. The third-order valence-corrected chi connectivity index (χ3v) is 3.30. The predicted octanol–water partition coefficient (Wildman–Crippen LogP) is 2.27. The van der Waals surface area contributed by atoms with Crippen molar-refractivity contribution >= 4 is 17.6 Å². The molecule has 1 aromatic rings. The van der Waals surface area contributed by atoms with Gasteiger partial charge >= 0.3 is 11.5 Å². The van der Waals surface area contributed by atoms with Crippen molar-refractivity contribution < 1.29 is 9.53 Å². The van der Waals surface area contributed by atoms with Crippen molar-refractivity contribution in [3.05, 3.63) is 45.8 Å². The Bertz CT molecular complexity index is 492. The smallest absolute Gasteiger partial charge is 0.393 e. The average Bonchev–Trinajstić information content (AvgIpc) is 2.69. The molecule has 0 amide bonds. The van der Waals surface area contributed by atoms with Crippen LogP contribution in [-0.2, 0) is 22.4 Å². The van der Waals surface area contributed by atoms with E-state index >= 15 is 0 Å². The van der Waals surface area contributed by atoms with Crippen LogP contribution in [0.15, 0.2) is 18.2 Å². The lowest BCUT2D eigenvalue weighted by Crippen LogP contribution is -2.37. The van der Waals surface area contributed by atoms with Gasteiger partial charge < -0.3 is 4.74 Å². The molecule has 1 atom stereocenters. The molecule has 0 aliphatic heterocycles. The van der Waals surface area contributed by atoms with Crippen molar-refractivity contribution in [2.24, 2.45) is 0 Å². The Morgan fingerprint density at radius 2 is 2.31 bits per heavy atom. The molecule has 0 saturated carbocycles. The predicted molar refractivity (Wildman–Crippen MR) is 60.2 cm³/mol. The first-order chi connectivity index (χ1) is 7.63. The number of rotatable bonds is 1. The van der Waals surface area contributed by atoms with Crippen LogP contribution in [0.4, 0.5) is 0 Å². The van der Waals surface area contributed by atoms with E-state index in [4.69, 9.17) is 22.9 Å². The third kappa shape index (κ3) is 1.46. The molecule has 1 unspecified atom stereocenters. The molecule has 0 radical (unpaired) electrons. The zero-order chi connectivity index (χ0) is 11.8. The van der Waals surface area contributed by atoms with Crippen molar-refractivity contribution in [2.75, 3.05) is 7.11 Å². The van der Waals surface area contributed by atoms with E-state index in [-0.39, 0.29) is 0 Å². The van der Waals surface area contributed by atoms with Gasteiger partial charge in [0, 0.05) is 5.02 Å². The van der Waals surface area contributed by atoms with Gasteiger partial charge in [-0.3, -0.25) is 4.85 Å². The monoisotopic (exact) mass is 235 g/mol. The molecule has 0 heterocycles. The van der Waals surface area contributed by atoms with Crippen LogP contribution in [0.5, 0.6) is 0 Å². The Hall–Kier alpha value is -1.53. The second-order valence-corrected chi connectivity index (χ2v) is 4.27. The number of fused-ring (bicyclic) bond motifs is 1. The Morgan fingerprint density at radius 1 is 1.56 bits per heavy atom. The van der Waals surface area contributed by atoms with Gasteiger partial charge in [-0.25, -0.2) is 11.4 Å². The topological polar surface area (TPSA) is 30.7 Å². The molecule has 0 bridgehead atoms. The van der Waals surface area contributed by atoms with Crippen LogP contribution in [-0.4, -0.2) is 18.6 Å². The zero-order valence-corrected chi connectivity index (χ0v) is 9.54. The maximum Gasteiger partial charge on any atom is 0.393 e. The van der Waals surface area contributed by atoms with E-state index in [1.54, 1.807) is 6.07 Å². The number of hydrogen-bond donors (Lipinski definition) is 0. The summed E-state index contributed by atoms with van der Waals surface area (Å²) in [4.78, 5) is 15.1. The number of halogens is 1. The molecular weight excluding hydrogens is 226 g/mol. The van der Waals surface area contributed by atoms with E-state index in [2.05, 4.69) is 4.85 Å². The molecule has 1 aromatic carbocycles. The van der Waals surface area contributed by atoms with Crippen molar-refractivity contribution in [3.63, 3.8) is 0 Å². The molecule has 0 spiro atoms. The fraction of sp³-hybridized carbons (Fsp3) is 0.333. The SMILES string of the molecule is [C-]#[N+]C1(C(=O)OC)Cc2cccc(Cl)c2C1. The van der Waals surface area contributed by atoms with Gasteiger partial charge in [-0.2, -0.15) is 0 Å². The second kappa shape index (κ2) is 3.80. The van der Waals surface area contributed by atoms with Crippen LogP contribution in [0.3, 0.4) is 0 Å². The third-order valence-electron chi connectivity index (χ3n) is 2.95. The van der Waals surface area contributed by atoms with Crippen LogP contribution in [0, 0.1) is 6.57 Å². The minimum absolute atomic E-state index is 0.345. The summed E-state index contributed by atoms with van der Waals surface area (Å²) >= 11 is 6.05. The van der Waals surface area contributed by atoms with Crippen molar-refractivity contribution in [1.82, 2.24) is 0 Å². The maximum atomic E-state index is 11.7. The lowest BCUT2D eigenvalue weighted by molar-refractivity contribution is -0.145. The number of carbonyl (C=O) groups excluding carboxylic acids is 1. The number of methoxy groups -OCH3 is 1. The molecule has 3 nitrogen and oxygen atoms in total. The average molecular weight is 236 g/mol.